The summed E-state index contributed by atoms with van der Waals surface area (Å²) in [6, 6.07) is 51.9. The Morgan fingerprint density at radius 3 is 1.71 bits per heavy atom. The van der Waals surface area contributed by atoms with Gasteiger partial charge in [-0.3, -0.25) is 4.40 Å². The molecule has 7 aromatic rings. The van der Waals surface area contributed by atoms with Crippen molar-refractivity contribution >= 4 is 33.5 Å². The van der Waals surface area contributed by atoms with Crippen molar-refractivity contribution in [3.63, 3.8) is 0 Å². The smallest absolute Gasteiger partial charge is 0.146 e. The normalized spacial score (nSPS) is 14.9. The molecular weight excluding hydrogens is 633 g/mol. The van der Waals surface area contributed by atoms with Crippen molar-refractivity contribution in [2.75, 3.05) is 0 Å². The number of benzene rings is 4. The molecule has 6 heterocycles. The van der Waals surface area contributed by atoms with E-state index < -0.39 is 0 Å². The number of allylic oxidation sites excluding steroid dienone is 4. The third-order valence-electron chi connectivity index (χ3n) is 10.4. The van der Waals surface area contributed by atoms with Crippen LogP contribution in [-0.4, -0.2) is 15.1 Å². The number of nitrogens with one attached hydrogen (secondary N) is 1. The van der Waals surface area contributed by atoms with E-state index in [1.165, 1.54) is 22.3 Å². The molecular formula is C48H36N4. The number of fused-ring (bicyclic) bond motifs is 4. The van der Waals surface area contributed by atoms with Crippen molar-refractivity contribution in [3.05, 3.63) is 213 Å². The Hall–Kier alpha value is -6.52. The van der Waals surface area contributed by atoms with Crippen molar-refractivity contribution in [2.24, 2.45) is 15.9 Å². The first kappa shape index (κ1) is 30.3. The molecule has 3 aromatic heterocycles. The number of aromatic amines is 1. The van der Waals surface area contributed by atoms with Crippen LogP contribution in [0.25, 0.3) is 38.9 Å². The van der Waals surface area contributed by atoms with Gasteiger partial charge in [0, 0.05) is 38.5 Å². The van der Waals surface area contributed by atoms with Crippen LogP contribution in [-0.2, 0) is 0 Å². The molecule has 0 spiro atoms. The van der Waals surface area contributed by atoms with Crippen LogP contribution >= 0.6 is 0 Å². The summed E-state index contributed by atoms with van der Waals surface area (Å²) in [6.07, 6.45) is 5.24. The molecule has 0 aliphatic carbocycles. The monoisotopic (exact) mass is 668 g/mol. The van der Waals surface area contributed by atoms with Gasteiger partial charge in [-0.25, -0.2) is 9.98 Å². The highest BCUT2D eigenvalue weighted by molar-refractivity contribution is 6.30. The summed E-state index contributed by atoms with van der Waals surface area (Å²) >= 11 is 0. The van der Waals surface area contributed by atoms with Crippen LogP contribution in [0.3, 0.4) is 0 Å². The van der Waals surface area contributed by atoms with Gasteiger partial charge < -0.3 is 4.98 Å². The fraction of sp³-hybridized carbons (Fsp3) is 0.0833. The topological polar surface area (TPSA) is 44.9 Å². The predicted octanol–water partition coefficient (Wildman–Crippen LogP) is 8.93. The lowest BCUT2D eigenvalue weighted by Gasteiger charge is -2.15. The zero-order chi connectivity index (χ0) is 34.8. The molecule has 0 saturated carbocycles. The van der Waals surface area contributed by atoms with Gasteiger partial charge in [0.25, 0.3) is 0 Å². The molecule has 0 amide bonds. The minimum absolute atomic E-state index is 0.415. The Morgan fingerprint density at radius 2 is 1.10 bits per heavy atom. The molecule has 4 nitrogen and oxygen atoms in total. The van der Waals surface area contributed by atoms with Crippen molar-refractivity contribution in [2.45, 2.75) is 20.3 Å². The van der Waals surface area contributed by atoms with Gasteiger partial charge in [0.2, 0.25) is 0 Å². The number of aromatic nitrogens is 2. The zero-order valence-corrected chi connectivity index (χ0v) is 29.1. The van der Waals surface area contributed by atoms with Crippen LogP contribution in [0.2, 0.25) is 0 Å². The molecule has 3 aliphatic rings. The minimum Gasteiger partial charge on any atom is -0.354 e. The summed E-state index contributed by atoms with van der Waals surface area (Å²) in [5.74, 6) is 0.415. The van der Waals surface area contributed by atoms with E-state index in [1.54, 1.807) is 0 Å². The molecule has 3 aliphatic heterocycles. The summed E-state index contributed by atoms with van der Waals surface area (Å²) in [5.41, 5.74) is 17.6. The fourth-order valence-corrected chi connectivity index (χ4v) is 8.23. The van der Waals surface area contributed by atoms with E-state index in [9.17, 15) is 0 Å². The molecule has 0 unspecified atom stereocenters. The first-order valence-corrected chi connectivity index (χ1v) is 18.1. The molecule has 6 bridgehead atoms. The lowest BCUT2D eigenvalue weighted by Crippen LogP contribution is -2.20. The number of aliphatic imine (C=N–C) groups is 1. The van der Waals surface area contributed by atoms with Gasteiger partial charge in [0.1, 0.15) is 5.49 Å². The van der Waals surface area contributed by atoms with Crippen LogP contribution in [0.4, 0.5) is 0 Å². The van der Waals surface area contributed by atoms with Crippen molar-refractivity contribution in [1.82, 2.24) is 9.38 Å². The average molecular weight is 669 g/mol. The molecule has 0 fully saturated rings. The Morgan fingerprint density at radius 1 is 0.538 bits per heavy atom. The average Bonchev–Trinajstić information content (AvgIpc) is 4.02. The quantitative estimate of drug-likeness (QED) is 0.184. The second-order valence-corrected chi connectivity index (χ2v) is 14.1. The maximum atomic E-state index is 5.75. The van der Waals surface area contributed by atoms with E-state index in [0.29, 0.717) is 5.92 Å². The van der Waals surface area contributed by atoms with Crippen LogP contribution in [0.5, 0.6) is 0 Å². The van der Waals surface area contributed by atoms with Gasteiger partial charge >= 0.3 is 0 Å². The molecule has 248 valence electrons. The lowest BCUT2D eigenvalue weighted by molar-refractivity contribution is 0.673. The van der Waals surface area contributed by atoms with Gasteiger partial charge in [-0.2, -0.15) is 0 Å². The number of hydrogen-bond acceptors (Lipinski definition) is 2. The van der Waals surface area contributed by atoms with E-state index in [-0.39, 0.29) is 0 Å². The lowest BCUT2D eigenvalue weighted by atomic mass is 9.89. The Balaban J connectivity index is 1.43. The van der Waals surface area contributed by atoms with Crippen molar-refractivity contribution < 1.29 is 0 Å². The Bertz CT molecular complexity index is 2850. The summed E-state index contributed by atoms with van der Waals surface area (Å²) < 4.78 is 2.40. The maximum absolute atomic E-state index is 5.75. The summed E-state index contributed by atoms with van der Waals surface area (Å²) in [5, 5.41) is 2.05. The van der Waals surface area contributed by atoms with Crippen LogP contribution in [0, 0.1) is 5.92 Å². The molecule has 0 radical (unpaired) electrons. The van der Waals surface area contributed by atoms with Crippen LogP contribution in [0.15, 0.2) is 179 Å². The van der Waals surface area contributed by atoms with Gasteiger partial charge in [-0.15, -0.1) is 0 Å². The van der Waals surface area contributed by atoms with Gasteiger partial charge in [-0.1, -0.05) is 135 Å². The molecule has 4 heteroatoms. The van der Waals surface area contributed by atoms with Gasteiger partial charge in [0.15, 0.2) is 0 Å². The van der Waals surface area contributed by atoms with Gasteiger partial charge in [-0.05, 0) is 76.6 Å². The third kappa shape index (κ3) is 4.75. The second-order valence-electron chi connectivity index (χ2n) is 14.1. The summed E-state index contributed by atoms with van der Waals surface area (Å²) in [4.78, 5) is 15.1. The molecule has 4 aromatic carbocycles. The van der Waals surface area contributed by atoms with E-state index in [0.717, 1.165) is 84.3 Å². The number of hydrogen-bond donors (Lipinski definition) is 1. The van der Waals surface area contributed by atoms with Crippen molar-refractivity contribution in [1.29, 1.82) is 0 Å². The second kappa shape index (κ2) is 12.1. The van der Waals surface area contributed by atoms with E-state index in [1.807, 2.05) is 0 Å². The highest BCUT2D eigenvalue weighted by Gasteiger charge is 2.32. The number of nitrogens with zero attached hydrogens (tertiary/aromatic N) is 3. The Labute approximate surface area is 302 Å². The maximum Gasteiger partial charge on any atom is 0.146 e. The number of rotatable bonds is 6. The molecule has 10 rings (SSSR count). The highest BCUT2D eigenvalue weighted by atomic mass is 15.0. The van der Waals surface area contributed by atoms with Gasteiger partial charge in [0.05, 0.1) is 28.3 Å². The van der Waals surface area contributed by atoms with E-state index >= 15 is 0 Å². The molecule has 1 N–H and O–H groups in total. The predicted molar refractivity (Wildman–Crippen MR) is 213 cm³/mol. The zero-order valence-electron chi connectivity index (χ0n) is 29.1. The van der Waals surface area contributed by atoms with E-state index in [4.69, 9.17) is 9.98 Å². The molecule has 52 heavy (non-hydrogen) atoms. The van der Waals surface area contributed by atoms with E-state index in [2.05, 4.69) is 181 Å². The molecule has 0 saturated heterocycles. The number of H-pyrrole nitrogens is 1. The van der Waals surface area contributed by atoms with Crippen molar-refractivity contribution in [3.8, 4) is 11.1 Å². The van der Waals surface area contributed by atoms with Crippen LogP contribution < -0.4 is 16.2 Å². The summed E-state index contributed by atoms with van der Waals surface area (Å²) in [7, 11) is 0. The standard InChI is InChI=1S/C48H36N4/c1-30(2)29-35-46-45(34-21-13-6-14-22-34)41-28-27-40-43(32-17-9-4-10-18-32)38-25-23-36(49-38)42(31-15-7-3-8-16-31)37-24-26-39(50-37)44(33-19-11-5-12-20-33)47(35)51-48(46)52(40)41/h3-28,30,50H,29H2,1-2H3. The highest BCUT2D eigenvalue weighted by Crippen LogP contribution is 2.44. The third-order valence-corrected chi connectivity index (χ3v) is 10.4. The first-order chi connectivity index (χ1) is 25.6. The largest absolute Gasteiger partial charge is 0.354 e. The minimum atomic E-state index is 0.415. The molecule has 0 atom stereocenters. The fourth-order valence-electron chi connectivity index (χ4n) is 8.23. The summed E-state index contributed by atoms with van der Waals surface area (Å²) in [6.45, 7) is 4.62. The SMILES string of the molecule is CC(C)CC1=C2N=c3c1c(-c1ccccc1)c1ccc(n31)C(c1ccccc1)=C1C=CC(=N1)C(c1ccccc1)=c1ccc([nH]1)=C2c1ccccc1. The van der Waals surface area contributed by atoms with Crippen LogP contribution in [0.1, 0.15) is 48.2 Å². The first-order valence-electron chi connectivity index (χ1n) is 18.1. The Kier molecular flexibility index (Phi) is 7.03.